The molecule has 0 amide bonds. The Balaban J connectivity index is 2.34. The predicted molar refractivity (Wildman–Crippen MR) is 44.3 cm³/mol. The van der Waals surface area contributed by atoms with Crippen LogP contribution in [0.2, 0.25) is 0 Å². The molecular weight excluding hydrogens is 150 g/mol. The van der Waals surface area contributed by atoms with E-state index in [4.69, 9.17) is 0 Å². The molecule has 0 nitrogen and oxygen atoms in total. The van der Waals surface area contributed by atoms with E-state index in [0.717, 1.165) is 11.0 Å². The molecule has 0 aliphatic rings. The lowest BCUT2D eigenvalue weighted by Crippen LogP contribution is -1.50. The van der Waals surface area contributed by atoms with Crippen LogP contribution in [0.4, 0.5) is 0 Å². The molecule has 0 rings (SSSR count). The molecular formula is C2H8P2S2. The van der Waals surface area contributed by atoms with Crippen LogP contribution < -0.4 is 0 Å². The molecule has 0 spiro atoms. The van der Waals surface area contributed by atoms with E-state index in [-0.39, 0.29) is 0 Å². The Morgan fingerprint density at radius 2 is 1.33 bits per heavy atom. The first-order valence-corrected chi connectivity index (χ1v) is 5.68. The van der Waals surface area contributed by atoms with Gasteiger partial charge in [0.05, 0.1) is 0 Å². The molecule has 2 unspecified atom stereocenters. The first-order chi connectivity index (χ1) is 2.91. The summed E-state index contributed by atoms with van der Waals surface area (Å²) in [6.07, 6.45) is 0. The molecule has 0 radical (unpaired) electrons. The van der Waals surface area contributed by atoms with E-state index in [1.54, 1.807) is 0 Å². The molecule has 2 atom stereocenters. The third kappa shape index (κ3) is 5.56. The molecule has 0 aromatic carbocycles. The monoisotopic (exact) mass is 158 g/mol. The summed E-state index contributed by atoms with van der Waals surface area (Å²) in [7, 11) is 9.06. The molecule has 0 heterocycles. The van der Waals surface area contributed by atoms with E-state index in [1.807, 2.05) is 21.6 Å². The SMILES string of the molecule is PCSSCP. The molecule has 0 bridgehead atoms. The Labute approximate surface area is 51.4 Å². The fraction of sp³-hybridized carbons (Fsp3) is 1.00. The molecule has 0 fully saturated rings. The van der Waals surface area contributed by atoms with E-state index >= 15 is 0 Å². The van der Waals surface area contributed by atoms with Crippen LogP contribution in [0.25, 0.3) is 0 Å². The van der Waals surface area contributed by atoms with Gasteiger partial charge < -0.3 is 0 Å². The second-order valence-electron chi connectivity index (χ2n) is 0.569. The Morgan fingerprint density at radius 3 is 1.50 bits per heavy atom. The predicted octanol–water partition coefficient (Wildman–Crippen LogP) is 2.03. The zero-order valence-electron chi connectivity index (χ0n) is 3.39. The van der Waals surface area contributed by atoms with Crippen molar-refractivity contribution in [2.75, 3.05) is 11.0 Å². The zero-order valence-corrected chi connectivity index (χ0v) is 7.33. The Hall–Kier alpha value is 1.56. The highest BCUT2D eigenvalue weighted by atomic mass is 33.1. The molecule has 0 aliphatic carbocycles. The topological polar surface area (TPSA) is 0 Å². The van der Waals surface area contributed by atoms with Crippen molar-refractivity contribution in [3.63, 3.8) is 0 Å². The molecule has 0 N–H and O–H groups in total. The van der Waals surface area contributed by atoms with Crippen LogP contribution in [-0.2, 0) is 0 Å². The fourth-order valence-corrected chi connectivity index (χ4v) is 2.60. The largest absolute Gasteiger partial charge is 0.126 e. The van der Waals surface area contributed by atoms with E-state index in [2.05, 4.69) is 18.5 Å². The zero-order chi connectivity index (χ0) is 4.83. The van der Waals surface area contributed by atoms with Gasteiger partial charge in [0.2, 0.25) is 0 Å². The minimum atomic E-state index is 1.14. The highest BCUT2D eigenvalue weighted by molar-refractivity contribution is 8.77. The van der Waals surface area contributed by atoms with Crippen LogP contribution in [0.3, 0.4) is 0 Å². The second kappa shape index (κ2) is 6.56. The molecule has 0 saturated heterocycles. The van der Waals surface area contributed by atoms with Gasteiger partial charge in [0.25, 0.3) is 0 Å². The summed E-state index contributed by atoms with van der Waals surface area (Å²) in [6.45, 7) is 0. The quantitative estimate of drug-likeness (QED) is 0.350. The molecule has 38 valence electrons. The number of hydrogen-bond donors (Lipinski definition) is 0. The number of hydrogen-bond acceptors (Lipinski definition) is 2. The van der Waals surface area contributed by atoms with Crippen LogP contribution in [0, 0.1) is 0 Å². The lowest BCUT2D eigenvalue weighted by Gasteiger charge is -1.86. The van der Waals surface area contributed by atoms with Crippen LogP contribution in [0.5, 0.6) is 0 Å². The van der Waals surface area contributed by atoms with Crippen molar-refractivity contribution in [2.24, 2.45) is 0 Å². The standard InChI is InChI=1S/C2H8P2S2/c3-1-5-6-2-4/h1-4H2. The third-order valence-electron chi connectivity index (χ3n) is 0.219. The van der Waals surface area contributed by atoms with Gasteiger partial charge >= 0.3 is 0 Å². The maximum atomic E-state index is 2.66. The van der Waals surface area contributed by atoms with Crippen molar-refractivity contribution < 1.29 is 0 Å². The summed E-state index contributed by atoms with van der Waals surface area (Å²) >= 11 is 0. The van der Waals surface area contributed by atoms with Gasteiger partial charge in [-0.1, -0.05) is 21.6 Å². The fourth-order valence-electron chi connectivity index (χ4n) is 0.0962. The van der Waals surface area contributed by atoms with Crippen molar-refractivity contribution >= 4 is 40.1 Å². The van der Waals surface area contributed by atoms with Crippen molar-refractivity contribution in [1.82, 2.24) is 0 Å². The van der Waals surface area contributed by atoms with Gasteiger partial charge in [-0.3, -0.25) is 0 Å². The minimum absolute atomic E-state index is 1.14. The van der Waals surface area contributed by atoms with E-state index in [1.165, 1.54) is 0 Å². The average molecular weight is 158 g/mol. The van der Waals surface area contributed by atoms with Gasteiger partial charge in [-0.05, 0) is 0 Å². The summed E-state index contributed by atoms with van der Waals surface area (Å²) in [5, 5.41) is 0. The average Bonchev–Trinajstić information content (AvgIpc) is 1.61. The molecule has 0 saturated carbocycles. The smallest absolute Gasteiger partial charge is 0.0183 e. The van der Waals surface area contributed by atoms with Crippen molar-refractivity contribution in [3.05, 3.63) is 0 Å². The summed E-state index contributed by atoms with van der Waals surface area (Å²) in [5.41, 5.74) is 2.28. The van der Waals surface area contributed by atoms with Crippen molar-refractivity contribution in [2.45, 2.75) is 0 Å². The summed E-state index contributed by atoms with van der Waals surface area (Å²) < 4.78 is 0. The second-order valence-corrected chi connectivity index (χ2v) is 5.12. The molecule has 0 aromatic rings. The molecule has 4 heteroatoms. The van der Waals surface area contributed by atoms with Crippen molar-refractivity contribution in [1.29, 1.82) is 0 Å². The lowest BCUT2D eigenvalue weighted by molar-refractivity contribution is 2.30. The van der Waals surface area contributed by atoms with Crippen LogP contribution in [-0.4, -0.2) is 11.0 Å². The Morgan fingerprint density at radius 1 is 1.00 bits per heavy atom. The Kier molecular flexibility index (Phi) is 8.27. The highest BCUT2D eigenvalue weighted by Gasteiger charge is 1.75. The van der Waals surface area contributed by atoms with Gasteiger partial charge in [-0.25, -0.2) is 0 Å². The number of rotatable bonds is 3. The first-order valence-electron chi connectivity index (χ1n) is 1.56. The molecule has 0 aromatic heterocycles. The summed E-state index contributed by atoms with van der Waals surface area (Å²) in [4.78, 5) is 0. The molecule has 6 heavy (non-hydrogen) atoms. The van der Waals surface area contributed by atoms with Crippen molar-refractivity contribution in [3.8, 4) is 0 Å². The van der Waals surface area contributed by atoms with Gasteiger partial charge in [0.1, 0.15) is 0 Å². The van der Waals surface area contributed by atoms with E-state index < -0.39 is 0 Å². The highest BCUT2D eigenvalue weighted by Crippen LogP contribution is 2.24. The minimum Gasteiger partial charge on any atom is -0.126 e. The van der Waals surface area contributed by atoms with Gasteiger partial charge in [0, 0.05) is 11.0 Å². The lowest BCUT2D eigenvalue weighted by atomic mass is 11.9. The van der Waals surface area contributed by atoms with Crippen LogP contribution >= 0.6 is 40.1 Å². The molecule has 0 aliphatic heterocycles. The van der Waals surface area contributed by atoms with E-state index in [0.29, 0.717) is 0 Å². The normalized spacial score (nSPS) is 9.00. The maximum absolute atomic E-state index is 2.66. The van der Waals surface area contributed by atoms with Gasteiger partial charge in [0.15, 0.2) is 0 Å². The van der Waals surface area contributed by atoms with Crippen LogP contribution in [0.15, 0.2) is 0 Å². The first kappa shape index (κ1) is 7.56. The third-order valence-corrected chi connectivity index (χ3v) is 4.42. The maximum Gasteiger partial charge on any atom is 0.0183 e. The van der Waals surface area contributed by atoms with Gasteiger partial charge in [-0.2, -0.15) is 0 Å². The van der Waals surface area contributed by atoms with Crippen LogP contribution in [0.1, 0.15) is 0 Å². The Bertz CT molecular complexity index is 21.5. The summed E-state index contributed by atoms with van der Waals surface area (Å²) in [6, 6.07) is 0. The summed E-state index contributed by atoms with van der Waals surface area (Å²) in [5.74, 6) is 0. The van der Waals surface area contributed by atoms with E-state index in [9.17, 15) is 0 Å². The van der Waals surface area contributed by atoms with Gasteiger partial charge in [-0.15, -0.1) is 18.5 Å².